The van der Waals surface area contributed by atoms with Crippen LogP contribution in [0.1, 0.15) is 69.1 Å². The van der Waals surface area contributed by atoms with E-state index in [0.717, 1.165) is 39.7 Å². The van der Waals surface area contributed by atoms with Crippen molar-refractivity contribution < 1.29 is 17.9 Å². The molecule has 41 heavy (non-hydrogen) atoms. The normalized spacial score (nSPS) is 12.1. The number of thiazole rings is 1. The molecule has 0 atom stereocenters. The van der Waals surface area contributed by atoms with E-state index in [4.69, 9.17) is 4.74 Å². The van der Waals surface area contributed by atoms with Crippen molar-refractivity contribution >= 4 is 43.2 Å². The maximum absolute atomic E-state index is 13.3. The van der Waals surface area contributed by atoms with Crippen molar-refractivity contribution in [2.24, 2.45) is 4.40 Å². The predicted octanol–water partition coefficient (Wildman–Crippen LogP) is 7.36. The van der Waals surface area contributed by atoms with Gasteiger partial charge in [-0.05, 0) is 44.0 Å². The lowest BCUT2D eigenvalue weighted by Crippen LogP contribution is -2.18. The van der Waals surface area contributed by atoms with Gasteiger partial charge in [0.05, 0.1) is 34.0 Å². The minimum Gasteiger partial charge on any atom is -0.491 e. The first-order chi connectivity index (χ1) is 19.7. The van der Waals surface area contributed by atoms with Gasteiger partial charge in [-0.3, -0.25) is 4.79 Å². The van der Waals surface area contributed by atoms with Crippen LogP contribution in [0.15, 0.2) is 70.0 Å². The van der Waals surface area contributed by atoms with E-state index in [1.165, 1.54) is 43.9 Å². The number of carbonyl (C=O) groups excluding carboxylic acids is 1. The zero-order valence-corrected chi connectivity index (χ0v) is 25.9. The smallest absolute Gasteiger partial charge is 0.285 e. The molecule has 1 heterocycles. The summed E-state index contributed by atoms with van der Waals surface area (Å²) < 4.78 is 39.9. The number of unbranched alkanes of at least 4 members (excludes halogenated alkanes) is 5. The van der Waals surface area contributed by atoms with E-state index in [1.807, 2.05) is 54.8 Å². The largest absolute Gasteiger partial charge is 0.491 e. The van der Waals surface area contributed by atoms with Crippen LogP contribution in [-0.4, -0.2) is 25.5 Å². The second-order valence-corrected chi connectivity index (χ2v) is 13.1. The molecule has 0 aliphatic carbocycles. The van der Waals surface area contributed by atoms with E-state index in [9.17, 15) is 13.2 Å². The first kappa shape index (κ1) is 30.5. The van der Waals surface area contributed by atoms with Crippen LogP contribution < -0.4 is 14.9 Å². The van der Waals surface area contributed by atoms with Crippen LogP contribution in [0.5, 0.6) is 5.75 Å². The summed E-state index contributed by atoms with van der Waals surface area (Å²) in [6.45, 7) is 8.57. The molecule has 0 aliphatic heterocycles. The van der Waals surface area contributed by atoms with Gasteiger partial charge in [-0.15, -0.1) is 4.40 Å². The van der Waals surface area contributed by atoms with E-state index in [0.29, 0.717) is 29.4 Å². The van der Waals surface area contributed by atoms with E-state index in [2.05, 4.69) is 16.6 Å². The number of carbonyl (C=O) groups is 1. The van der Waals surface area contributed by atoms with Crippen molar-refractivity contribution in [1.29, 1.82) is 0 Å². The Kier molecular flexibility index (Phi) is 10.4. The van der Waals surface area contributed by atoms with Gasteiger partial charge in [-0.1, -0.05) is 97.9 Å². The molecule has 4 aromatic rings. The van der Waals surface area contributed by atoms with Crippen molar-refractivity contribution in [1.82, 2.24) is 4.57 Å². The number of hydrogen-bond donors (Lipinski definition) is 1. The molecule has 218 valence electrons. The standard InChI is InChI=1S/C32H39N3O4S2/c1-5-6-7-8-9-10-19-39-30-21-29-31(20-28(30)33-25(4)36)40-32(35(29)22-26-15-11-23(2)12-16-26)34-41(37,38)27-17-13-24(3)14-18-27/h11-18,20-21H,5-10,19,22H2,1-4H3,(H,33,36)/b34-32-. The topological polar surface area (TPSA) is 89.8 Å². The maximum atomic E-state index is 13.3. The van der Waals surface area contributed by atoms with Crippen LogP contribution in [0.2, 0.25) is 0 Å². The quantitative estimate of drug-likeness (QED) is 0.164. The summed E-state index contributed by atoms with van der Waals surface area (Å²) >= 11 is 1.27. The summed E-state index contributed by atoms with van der Waals surface area (Å²) in [6.07, 6.45) is 6.87. The van der Waals surface area contributed by atoms with Crippen LogP contribution in [0, 0.1) is 13.8 Å². The highest BCUT2D eigenvalue weighted by atomic mass is 32.2. The van der Waals surface area contributed by atoms with E-state index in [-0.39, 0.29) is 10.8 Å². The third-order valence-electron chi connectivity index (χ3n) is 6.83. The molecule has 1 N–H and O–H groups in total. The van der Waals surface area contributed by atoms with Gasteiger partial charge in [-0.2, -0.15) is 8.42 Å². The number of nitrogens with zero attached hydrogens (tertiary/aromatic N) is 2. The Bertz CT molecular complexity index is 1650. The predicted molar refractivity (Wildman–Crippen MR) is 167 cm³/mol. The highest BCUT2D eigenvalue weighted by Crippen LogP contribution is 2.33. The van der Waals surface area contributed by atoms with Crippen molar-refractivity contribution in [3.05, 3.63) is 82.2 Å². The van der Waals surface area contributed by atoms with Crippen LogP contribution in [0.4, 0.5) is 5.69 Å². The molecule has 0 radical (unpaired) electrons. The maximum Gasteiger partial charge on any atom is 0.285 e. The number of anilines is 1. The Labute approximate surface area is 247 Å². The van der Waals surface area contributed by atoms with Crippen LogP contribution in [0.3, 0.4) is 0 Å². The fourth-order valence-electron chi connectivity index (χ4n) is 4.53. The van der Waals surface area contributed by atoms with Gasteiger partial charge >= 0.3 is 0 Å². The van der Waals surface area contributed by atoms with E-state index in [1.54, 1.807) is 24.3 Å². The van der Waals surface area contributed by atoms with Crippen molar-refractivity contribution in [3.63, 3.8) is 0 Å². The lowest BCUT2D eigenvalue weighted by molar-refractivity contribution is -0.114. The summed E-state index contributed by atoms with van der Waals surface area (Å²) in [5, 5.41) is 2.88. The number of sulfonamides is 1. The Morgan fingerprint density at radius 2 is 1.56 bits per heavy atom. The number of rotatable bonds is 13. The first-order valence-electron chi connectivity index (χ1n) is 14.2. The molecule has 1 amide bonds. The molecule has 1 aromatic heterocycles. The molecule has 0 bridgehead atoms. The minimum atomic E-state index is -3.95. The van der Waals surface area contributed by atoms with Crippen LogP contribution >= 0.6 is 11.3 Å². The molecule has 7 nitrogen and oxygen atoms in total. The Hall–Kier alpha value is -3.43. The van der Waals surface area contributed by atoms with E-state index >= 15 is 0 Å². The number of amides is 1. The molecule has 0 aliphatic rings. The lowest BCUT2D eigenvalue weighted by Gasteiger charge is -2.13. The SMILES string of the molecule is CCCCCCCCOc1cc2c(cc1NC(C)=O)s/c(=N\S(=O)(=O)c1ccc(C)cc1)n2Cc1ccc(C)cc1. The summed E-state index contributed by atoms with van der Waals surface area (Å²) in [7, 11) is -3.95. The number of ether oxygens (including phenoxy) is 1. The molecule has 9 heteroatoms. The second-order valence-electron chi connectivity index (χ2n) is 10.4. The highest BCUT2D eigenvalue weighted by molar-refractivity contribution is 7.90. The molecule has 4 rings (SSSR count). The molecule has 0 unspecified atom stereocenters. The van der Waals surface area contributed by atoms with Gasteiger partial charge in [0.2, 0.25) is 10.7 Å². The van der Waals surface area contributed by atoms with Gasteiger partial charge in [0, 0.05) is 13.0 Å². The number of nitrogens with one attached hydrogen (secondary N) is 1. The summed E-state index contributed by atoms with van der Waals surface area (Å²) in [5.41, 5.74) is 4.49. The zero-order chi connectivity index (χ0) is 29.4. The minimum absolute atomic E-state index is 0.143. The van der Waals surface area contributed by atoms with Gasteiger partial charge in [0.1, 0.15) is 5.75 Å². The molecular formula is C32H39N3O4S2. The number of aromatic nitrogens is 1. The average Bonchev–Trinajstić information content (AvgIpc) is 3.24. The summed E-state index contributed by atoms with van der Waals surface area (Å²) in [6, 6.07) is 18.6. The Morgan fingerprint density at radius 1 is 0.927 bits per heavy atom. The molecular weight excluding hydrogens is 555 g/mol. The van der Waals surface area contributed by atoms with Crippen LogP contribution in [0.25, 0.3) is 10.2 Å². The second kappa shape index (κ2) is 14.0. The average molecular weight is 594 g/mol. The summed E-state index contributed by atoms with van der Waals surface area (Å²) in [5.74, 6) is 0.356. The fraction of sp³-hybridized carbons (Fsp3) is 0.375. The Balaban J connectivity index is 1.78. The van der Waals surface area contributed by atoms with Gasteiger partial charge in [0.15, 0.2) is 0 Å². The monoisotopic (exact) mass is 593 g/mol. The van der Waals surface area contributed by atoms with Crippen molar-refractivity contribution in [2.45, 2.75) is 77.7 Å². The highest BCUT2D eigenvalue weighted by Gasteiger charge is 2.18. The molecule has 0 saturated heterocycles. The first-order valence-corrected chi connectivity index (χ1v) is 16.4. The zero-order valence-electron chi connectivity index (χ0n) is 24.3. The number of aryl methyl sites for hydroxylation is 2. The molecule has 0 saturated carbocycles. The van der Waals surface area contributed by atoms with E-state index < -0.39 is 10.0 Å². The molecule has 0 spiro atoms. The number of hydrogen-bond acceptors (Lipinski definition) is 5. The van der Waals surface area contributed by atoms with Gasteiger partial charge in [0.25, 0.3) is 10.0 Å². The Morgan fingerprint density at radius 3 is 2.22 bits per heavy atom. The molecule has 0 fully saturated rings. The molecule has 3 aromatic carbocycles. The van der Waals surface area contributed by atoms with Crippen LogP contribution in [-0.2, 0) is 21.4 Å². The lowest BCUT2D eigenvalue weighted by atomic mass is 10.1. The van der Waals surface area contributed by atoms with Gasteiger partial charge in [-0.25, -0.2) is 0 Å². The fourth-order valence-corrected chi connectivity index (χ4v) is 6.79. The third-order valence-corrected chi connectivity index (χ3v) is 9.27. The number of fused-ring (bicyclic) bond motifs is 1. The third kappa shape index (κ3) is 8.30. The number of benzene rings is 3. The van der Waals surface area contributed by atoms with Gasteiger partial charge < -0.3 is 14.6 Å². The van der Waals surface area contributed by atoms with Crippen molar-refractivity contribution in [2.75, 3.05) is 11.9 Å². The summed E-state index contributed by atoms with van der Waals surface area (Å²) in [4.78, 5) is 12.5. The van der Waals surface area contributed by atoms with Crippen molar-refractivity contribution in [3.8, 4) is 5.75 Å².